The fourth-order valence-corrected chi connectivity index (χ4v) is 7.39. The van der Waals surface area contributed by atoms with Crippen molar-refractivity contribution >= 4 is 48.8 Å². The van der Waals surface area contributed by atoms with Crippen molar-refractivity contribution in [3.63, 3.8) is 0 Å². The molecule has 10 nitrogen and oxygen atoms in total. The maximum Gasteiger partial charge on any atom is 0.211 e. The Hall–Kier alpha value is -3.74. The van der Waals surface area contributed by atoms with Crippen LogP contribution in [0.5, 0.6) is 0 Å². The van der Waals surface area contributed by atoms with Crippen molar-refractivity contribution in [3.05, 3.63) is 64.7 Å². The van der Waals surface area contributed by atoms with E-state index in [9.17, 15) is 28.3 Å². The smallest absolute Gasteiger partial charge is 0.211 e. The third-order valence-corrected chi connectivity index (χ3v) is 9.88. The van der Waals surface area contributed by atoms with Gasteiger partial charge in [-0.3, -0.25) is 0 Å². The molecule has 0 aliphatic carbocycles. The van der Waals surface area contributed by atoms with Crippen LogP contribution in [0.3, 0.4) is 0 Å². The van der Waals surface area contributed by atoms with Crippen LogP contribution in [0.25, 0.3) is 22.2 Å². The number of aliphatic hydroxyl groups is 2. The van der Waals surface area contributed by atoms with Crippen LogP contribution in [-0.4, -0.2) is 78.0 Å². The van der Waals surface area contributed by atoms with Gasteiger partial charge in [0.25, 0.3) is 0 Å². The molecule has 2 aromatic heterocycles. The number of nitrogens with zero attached hydrogens (tertiary/aromatic N) is 6. The average molecular weight is 643 g/mol. The number of hydrogen-bond acceptors (Lipinski definition) is 10. The minimum atomic E-state index is -3.55. The van der Waals surface area contributed by atoms with Crippen LogP contribution in [0, 0.1) is 23.0 Å². The highest BCUT2D eigenvalue weighted by atomic mass is 32.2. The quantitative estimate of drug-likeness (QED) is 0.288. The van der Waals surface area contributed by atoms with Gasteiger partial charge in [-0.25, -0.2) is 27.2 Å². The molecule has 14 heteroatoms. The SMILES string of the molecule is CCN(c1nc(-c2ccc(F)cc2)c(C#N)s1)c1cc(C(C)(C)O)nc2c(F)cc(N3CCN(S(C)(=O)=O)[C@H](CO)C3)cc12. The number of fused-ring (bicyclic) bond motifs is 1. The van der Waals surface area contributed by atoms with E-state index in [4.69, 9.17) is 4.98 Å². The van der Waals surface area contributed by atoms with Crippen LogP contribution in [0.1, 0.15) is 31.3 Å². The zero-order valence-corrected chi connectivity index (χ0v) is 26.3. The molecule has 4 aromatic rings. The van der Waals surface area contributed by atoms with Crippen molar-refractivity contribution in [3.8, 4) is 17.3 Å². The van der Waals surface area contributed by atoms with E-state index in [1.807, 2.05) is 11.8 Å². The molecule has 44 heavy (non-hydrogen) atoms. The fraction of sp³-hybridized carbons (Fsp3) is 0.367. The molecule has 0 unspecified atom stereocenters. The van der Waals surface area contributed by atoms with E-state index in [1.165, 1.54) is 22.5 Å². The molecule has 5 rings (SSSR count). The third kappa shape index (κ3) is 6.11. The van der Waals surface area contributed by atoms with Gasteiger partial charge in [0.2, 0.25) is 10.0 Å². The summed E-state index contributed by atoms with van der Waals surface area (Å²) in [6.45, 7) is 5.48. The lowest BCUT2D eigenvalue weighted by molar-refractivity contribution is 0.0742. The largest absolute Gasteiger partial charge is 0.395 e. The Balaban J connectivity index is 1.66. The van der Waals surface area contributed by atoms with Gasteiger partial charge in [-0.15, -0.1) is 0 Å². The van der Waals surface area contributed by atoms with E-state index in [0.717, 1.165) is 17.6 Å². The van der Waals surface area contributed by atoms with Crippen molar-refractivity contribution in [2.24, 2.45) is 0 Å². The highest BCUT2D eigenvalue weighted by Crippen LogP contribution is 2.41. The molecule has 0 saturated carbocycles. The normalized spacial score (nSPS) is 16.3. The first kappa shape index (κ1) is 31.7. The third-order valence-electron chi connectivity index (χ3n) is 7.56. The molecule has 0 spiro atoms. The topological polar surface area (TPSA) is 134 Å². The predicted octanol–water partition coefficient (Wildman–Crippen LogP) is 4.34. The molecular weight excluding hydrogens is 610 g/mol. The lowest BCUT2D eigenvalue weighted by atomic mass is 10.0. The first-order valence-corrected chi connectivity index (χ1v) is 16.6. The average Bonchev–Trinajstić information content (AvgIpc) is 3.40. The van der Waals surface area contributed by atoms with Crippen LogP contribution in [0.4, 0.5) is 25.3 Å². The van der Waals surface area contributed by atoms with Crippen LogP contribution >= 0.6 is 11.3 Å². The number of aliphatic hydroxyl groups excluding tert-OH is 1. The number of anilines is 3. The maximum absolute atomic E-state index is 15.9. The van der Waals surface area contributed by atoms with Gasteiger partial charge in [-0.1, -0.05) is 11.3 Å². The number of thiazole rings is 1. The minimum Gasteiger partial charge on any atom is -0.395 e. The highest BCUT2D eigenvalue weighted by molar-refractivity contribution is 7.88. The van der Waals surface area contributed by atoms with E-state index in [1.54, 1.807) is 43.0 Å². The van der Waals surface area contributed by atoms with Crippen molar-refractivity contribution in [2.45, 2.75) is 32.4 Å². The lowest BCUT2D eigenvalue weighted by Gasteiger charge is -2.40. The number of hydrogen-bond donors (Lipinski definition) is 2. The number of halogens is 2. The van der Waals surface area contributed by atoms with E-state index in [0.29, 0.717) is 44.6 Å². The van der Waals surface area contributed by atoms with E-state index < -0.39 is 39.9 Å². The Bertz CT molecular complexity index is 1850. The molecule has 0 radical (unpaired) electrons. The molecule has 2 N–H and O–H groups in total. The summed E-state index contributed by atoms with van der Waals surface area (Å²) in [5.41, 5.74) is 0.752. The van der Waals surface area contributed by atoms with Gasteiger partial charge in [0.1, 0.15) is 33.6 Å². The summed E-state index contributed by atoms with van der Waals surface area (Å²) in [6.07, 6.45) is 1.09. The lowest BCUT2D eigenvalue weighted by Crippen LogP contribution is -2.56. The Kier molecular flexibility index (Phi) is 8.63. The monoisotopic (exact) mass is 642 g/mol. The van der Waals surface area contributed by atoms with Crippen molar-refractivity contribution in [1.29, 1.82) is 5.26 Å². The summed E-state index contributed by atoms with van der Waals surface area (Å²) in [6, 6.07) is 11.9. The van der Waals surface area contributed by atoms with Crippen LogP contribution in [-0.2, 0) is 15.6 Å². The summed E-state index contributed by atoms with van der Waals surface area (Å²) < 4.78 is 55.2. The number of rotatable bonds is 8. The molecule has 1 aliphatic rings. The molecule has 1 fully saturated rings. The van der Waals surface area contributed by atoms with Gasteiger partial charge in [-0.2, -0.15) is 9.57 Å². The summed E-state index contributed by atoms with van der Waals surface area (Å²) in [7, 11) is -3.55. The minimum absolute atomic E-state index is 0.0196. The van der Waals surface area contributed by atoms with E-state index >= 15 is 4.39 Å². The standard InChI is InChI=1S/C30H32F2N6O4S2/c1-5-37(29-35-27(25(15-33)43-29)18-6-8-19(31)9-7-18)24-14-26(30(2,3)40)34-28-22(24)12-20(13-23(28)32)36-10-11-38(44(4,41)42)21(16-36)17-39/h6-9,12-14,21,39-40H,5,10-11,16-17H2,1-4H3/t21-/m0/s1. The molecule has 1 atom stereocenters. The number of aromatic nitrogens is 2. The Morgan fingerprint density at radius 3 is 2.45 bits per heavy atom. The first-order valence-electron chi connectivity index (χ1n) is 13.9. The number of piperazine rings is 1. The van der Waals surface area contributed by atoms with Crippen molar-refractivity contribution < 1.29 is 27.4 Å². The molecule has 0 amide bonds. The molecule has 232 valence electrons. The number of sulfonamides is 1. The Morgan fingerprint density at radius 1 is 1.16 bits per heavy atom. The Morgan fingerprint density at radius 2 is 1.86 bits per heavy atom. The van der Waals surface area contributed by atoms with Crippen LogP contribution in [0.15, 0.2) is 42.5 Å². The molecule has 2 aromatic carbocycles. The molecular formula is C30H32F2N6O4S2. The van der Waals surface area contributed by atoms with Gasteiger partial charge >= 0.3 is 0 Å². The Labute approximate surface area is 258 Å². The summed E-state index contributed by atoms with van der Waals surface area (Å²) in [5.74, 6) is -1.06. The number of nitriles is 1. The van der Waals surface area contributed by atoms with E-state index in [-0.39, 0.29) is 30.8 Å². The predicted molar refractivity (Wildman–Crippen MR) is 166 cm³/mol. The fourth-order valence-electron chi connectivity index (χ4n) is 5.34. The van der Waals surface area contributed by atoms with Gasteiger partial charge in [0.15, 0.2) is 10.9 Å². The first-order chi connectivity index (χ1) is 20.7. The maximum atomic E-state index is 15.9. The molecule has 1 saturated heterocycles. The zero-order valence-electron chi connectivity index (χ0n) is 24.6. The van der Waals surface area contributed by atoms with Crippen molar-refractivity contribution in [2.75, 3.05) is 48.8 Å². The van der Waals surface area contributed by atoms with E-state index in [2.05, 4.69) is 11.1 Å². The van der Waals surface area contributed by atoms with Crippen molar-refractivity contribution in [1.82, 2.24) is 14.3 Å². The summed E-state index contributed by atoms with van der Waals surface area (Å²) >= 11 is 1.13. The van der Waals surface area contributed by atoms with Crippen LogP contribution < -0.4 is 9.80 Å². The molecule has 3 heterocycles. The van der Waals surface area contributed by atoms with Gasteiger partial charge in [-0.05, 0) is 63.2 Å². The second-order valence-corrected chi connectivity index (χ2v) is 14.0. The second-order valence-electron chi connectivity index (χ2n) is 11.1. The van der Waals surface area contributed by atoms with Gasteiger partial charge in [0.05, 0.1) is 30.3 Å². The zero-order chi connectivity index (χ0) is 32.0. The highest BCUT2D eigenvalue weighted by Gasteiger charge is 2.33. The number of benzene rings is 2. The summed E-state index contributed by atoms with van der Waals surface area (Å²) in [5, 5.41) is 31.6. The molecule has 0 bridgehead atoms. The van der Waals surface area contributed by atoms with Gasteiger partial charge in [0, 0.05) is 42.8 Å². The second kappa shape index (κ2) is 12.0. The number of pyridine rings is 1. The summed E-state index contributed by atoms with van der Waals surface area (Å²) in [4.78, 5) is 13.1. The molecule has 1 aliphatic heterocycles. The van der Waals surface area contributed by atoms with Gasteiger partial charge < -0.3 is 20.0 Å². The van der Waals surface area contributed by atoms with Crippen LogP contribution in [0.2, 0.25) is 0 Å².